The number of rotatable bonds is 7. The van der Waals surface area contributed by atoms with E-state index in [1.165, 1.54) is 11.3 Å². The maximum atomic E-state index is 13.3. The van der Waals surface area contributed by atoms with Crippen molar-refractivity contribution < 1.29 is 9.21 Å². The third-order valence-corrected chi connectivity index (χ3v) is 6.21. The fraction of sp³-hybridized carbons (Fsp3) is 0.217. The summed E-state index contributed by atoms with van der Waals surface area (Å²) < 4.78 is 5.81. The van der Waals surface area contributed by atoms with Crippen LogP contribution in [0, 0.1) is 6.92 Å². The lowest BCUT2D eigenvalue weighted by molar-refractivity contribution is 0.0732. The van der Waals surface area contributed by atoms with E-state index in [4.69, 9.17) is 16.0 Å². The first kappa shape index (κ1) is 21.2. The van der Waals surface area contributed by atoms with Crippen molar-refractivity contribution in [1.82, 2.24) is 20.1 Å². The number of aryl methyl sites for hydroxylation is 1. The summed E-state index contributed by atoms with van der Waals surface area (Å²) in [5.74, 6) is 0.614. The van der Waals surface area contributed by atoms with Gasteiger partial charge in [0.15, 0.2) is 0 Å². The van der Waals surface area contributed by atoms with Gasteiger partial charge in [0, 0.05) is 12.1 Å². The molecule has 0 spiro atoms. The van der Waals surface area contributed by atoms with E-state index in [0.717, 1.165) is 22.7 Å². The van der Waals surface area contributed by atoms with Gasteiger partial charge < -0.3 is 9.32 Å². The van der Waals surface area contributed by atoms with Gasteiger partial charge >= 0.3 is 0 Å². The summed E-state index contributed by atoms with van der Waals surface area (Å²) in [6.45, 7) is 4.68. The number of nitrogens with zero attached hydrogens (tertiary/aromatic N) is 4. The summed E-state index contributed by atoms with van der Waals surface area (Å²) in [5, 5.41) is 9.60. The van der Waals surface area contributed by atoms with Crippen LogP contribution in [-0.2, 0) is 6.54 Å². The Kier molecular flexibility index (Phi) is 6.44. The largest absolute Gasteiger partial charge is 0.419 e. The molecule has 0 atom stereocenters. The lowest BCUT2D eigenvalue weighted by Crippen LogP contribution is -2.31. The standard InChI is InChI=1S/C23H21ClN4O2S/c1-3-13-28(14-19-26-27-21(30-19)17-11-7-8-12-18(17)24)23(29)20-15(2)25-22(31-20)16-9-5-4-6-10-16/h4-12H,3,13-14H2,1-2H3. The summed E-state index contributed by atoms with van der Waals surface area (Å²) in [7, 11) is 0. The van der Waals surface area contributed by atoms with Gasteiger partial charge in [-0.3, -0.25) is 4.79 Å². The van der Waals surface area contributed by atoms with E-state index in [1.807, 2.05) is 62.4 Å². The lowest BCUT2D eigenvalue weighted by atomic mass is 10.2. The van der Waals surface area contributed by atoms with Crippen molar-refractivity contribution in [2.45, 2.75) is 26.8 Å². The van der Waals surface area contributed by atoms with Crippen LogP contribution >= 0.6 is 22.9 Å². The maximum absolute atomic E-state index is 13.3. The number of hydrogen-bond acceptors (Lipinski definition) is 6. The van der Waals surface area contributed by atoms with Gasteiger partial charge in [-0.05, 0) is 25.5 Å². The third-order valence-electron chi connectivity index (χ3n) is 4.69. The molecule has 0 radical (unpaired) electrons. The minimum Gasteiger partial charge on any atom is -0.419 e. The second-order valence-corrected chi connectivity index (χ2v) is 8.41. The molecule has 4 rings (SSSR count). The molecule has 0 saturated carbocycles. The highest BCUT2D eigenvalue weighted by atomic mass is 35.5. The smallest absolute Gasteiger partial charge is 0.266 e. The molecule has 6 nitrogen and oxygen atoms in total. The molecular weight excluding hydrogens is 432 g/mol. The molecule has 0 unspecified atom stereocenters. The van der Waals surface area contributed by atoms with Gasteiger partial charge in [0.05, 0.1) is 22.8 Å². The zero-order chi connectivity index (χ0) is 21.8. The van der Waals surface area contributed by atoms with Gasteiger partial charge in [0.2, 0.25) is 11.8 Å². The molecule has 158 valence electrons. The summed E-state index contributed by atoms with van der Waals surface area (Å²) in [6.07, 6.45) is 0.806. The monoisotopic (exact) mass is 452 g/mol. The van der Waals surface area contributed by atoms with Crippen molar-refractivity contribution in [2.75, 3.05) is 6.54 Å². The molecule has 0 N–H and O–H groups in total. The van der Waals surface area contributed by atoms with Crippen LogP contribution in [0.25, 0.3) is 22.0 Å². The van der Waals surface area contributed by atoms with Crippen LogP contribution in [0.1, 0.15) is 34.6 Å². The highest BCUT2D eigenvalue weighted by molar-refractivity contribution is 7.17. The average molecular weight is 453 g/mol. The van der Waals surface area contributed by atoms with Crippen LogP contribution in [0.15, 0.2) is 59.0 Å². The molecule has 0 bridgehead atoms. The van der Waals surface area contributed by atoms with Gasteiger partial charge in [0.1, 0.15) is 9.88 Å². The normalized spacial score (nSPS) is 10.9. The number of benzene rings is 2. The quantitative estimate of drug-likeness (QED) is 0.350. The second kappa shape index (κ2) is 9.41. The predicted molar refractivity (Wildman–Crippen MR) is 122 cm³/mol. The van der Waals surface area contributed by atoms with Gasteiger partial charge in [-0.1, -0.05) is 61.0 Å². The topological polar surface area (TPSA) is 72.1 Å². The molecule has 8 heteroatoms. The molecule has 0 fully saturated rings. The minimum absolute atomic E-state index is 0.0866. The number of halogens is 1. The summed E-state index contributed by atoms with van der Waals surface area (Å²) in [5.41, 5.74) is 2.39. The Balaban J connectivity index is 1.57. The van der Waals surface area contributed by atoms with Gasteiger partial charge in [0.25, 0.3) is 5.91 Å². The van der Waals surface area contributed by atoms with Crippen LogP contribution in [0.4, 0.5) is 0 Å². The highest BCUT2D eigenvalue weighted by Gasteiger charge is 2.24. The van der Waals surface area contributed by atoms with E-state index < -0.39 is 0 Å². The molecule has 0 aliphatic rings. The molecular formula is C23H21ClN4O2S. The molecule has 0 aliphatic heterocycles. The van der Waals surface area contributed by atoms with Crippen molar-refractivity contribution in [2.24, 2.45) is 0 Å². The Morgan fingerprint density at radius 2 is 1.84 bits per heavy atom. The summed E-state index contributed by atoms with van der Waals surface area (Å²) in [4.78, 5) is 20.3. The summed E-state index contributed by atoms with van der Waals surface area (Å²) in [6, 6.07) is 17.1. The first-order valence-electron chi connectivity index (χ1n) is 9.96. The number of thiazole rings is 1. The van der Waals surface area contributed by atoms with E-state index in [2.05, 4.69) is 15.2 Å². The van der Waals surface area contributed by atoms with E-state index in [0.29, 0.717) is 33.8 Å². The molecule has 2 aromatic heterocycles. The molecule has 2 heterocycles. The Labute approximate surface area is 189 Å². The van der Waals surface area contributed by atoms with Gasteiger partial charge in [-0.2, -0.15) is 0 Å². The Bertz CT molecular complexity index is 1190. The molecule has 4 aromatic rings. The highest BCUT2D eigenvalue weighted by Crippen LogP contribution is 2.30. The number of hydrogen-bond donors (Lipinski definition) is 0. The van der Waals surface area contributed by atoms with E-state index in [1.54, 1.807) is 11.0 Å². The van der Waals surface area contributed by atoms with Crippen LogP contribution < -0.4 is 0 Å². The fourth-order valence-corrected chi connectivity index (χ4v) is 4.45. The number of carbonyl (C=O) groups excluding carboxylic acids is 1. The van der Waals surface area contributed by atoms with Crippen molar-refractivity contribution in [3.8, 4) is 22.0 Å². The van der Waals surface area contributed by atoms with Crippen molar-refractivity contribution in [3.63, 3.8) is 0 Å². The Hall–Kier alpha value is -3.03. The second-order valence-electron chi connectivity index (χ2n) is 7.01. The lowest BCUT2D eigenvalue weighted by Gasteiger charge is -2.19. The van der Waals surface area contributed by atoms with Gasteiger partial charge in [-0.25, -0.2) is 4.98 Å². The number of aromatic nitrogens is 3. The van der Waals surface area contributed by atoms with Crippen molar-refractivity contribution >= 4 is 28.8 Å². The molecule has 31 heavy (non-hydrogen) atoms. The minimum atomic E-state index is -0.0866. The van der Waals surface area contributed by atoms with Crippen LogP contribution in [-0.4, -0.2) is 32.5 Å². The zero-order valence-electron chi connectivity index (χ0n) is 17.2. The van der Waals surface area contributed by atoms with Crippen LogP contribution in [0.5, 0.6) is 0 Å². The first-order valence-corrected chi connectivity index (χ1v) is 11.2. The van der Waals surface area contributed by atoms with Crippen LogP contribution in [0.3, 0.4) is 0 Å². The number of amides is 1. The molecule has 1 amide bonds. The average Bonchev–Trinajstić information content (AvgIpc) is 3.40. The molecule has 0 aliphatic carbocycles. The maximum Gasteiger partial charge on any atom is 0.266 e. The Morgan fingerprint density at radius 1 is 1.10 bits per heavy atom. The van der Waals surface area contributed by atoms with E-state index in [-0.39, 0.29) is 12.5 Å². The third kappa shape index (κ3) is 4.68. The molecule has 0 saturated heterocycles. The van der Waals surface area contributed by atoms with Crippen molar-refractivity contribution in [1.29, 1.82) is 0 Å². The Morgan fingerprint density at radius 3 is 2.58 bits per heavy atom. The first-order chi connectivity index (χ1) is 15.1. The SMILES string of the molecule is CCCN(Cc1nnc(-c2ccccc2Cl)o1)C(=O)c1sc(-c2ccccc2)nc1C. The fourth-order valence-electron chi connectivity index (χ4n) is 3.19. The number of carbonyl (C=O) groups is 1. The van der Waals surface area contributed by atoms with Crippen molar-refractivity contribution in [3.05, 3.63) is 76.1 Å². The summed E-state index contributed by atoms with van der Waals surface area (Å²) >= 11 is 7.63. The van der Waals surface area contributed by atoms with E-state index >= 15 is 0 Å². The van der Waals surface area contributed by atoms with Gasteiger partial charge in [-0.15, -0.1) is 21.5 Å². The molecule has 2 aromatic carbocycles. The predicted octanol–water partition coefficient (Wildman–Crippen LogP) is 5.87. The van der Waals surface area contributed by atoms with Crippen LogP contribution in [0.2, 0.25) is 5.02 Å². The zero-order valence-corrected chi connectivity index (χ0v) is 18.8. The van der Waals surface area contributed by atoms with E-state index in [9.17, 15) is 4.79 Å².